The largest absolute Gasteiger partial charge is 0.497 e. The quantitative estimate of drug-likeness (QED) is 0.390. The number of benzene rings is 3. The van der Waals surface area contributed by atoms with Crippen molar-refractivity contribution in [3.63, 3.8) is 0 Å². The Kier molecular flexibility index (Phi) is 5.60. The Labute approximate surface area is 199 Å². The van der Waals surface area contributed by atoms with Crippen LogP contribution in [0.25, 0.3) is 11.0 Å². The van der Waals surface area contributed by atoms with Gasteiger partial charge in [0.1, 0.15) is 22.5 Å². The van der Waals surface area contributed by atoms with Crippen LogP contribution in [-0.4, -0.2) is 41.9 Å². The average Bonchev–Trinajstić information content (AvgIpc) is 3.29. The smallest absolute Gasteiger partial charge is 0.254 e. The lowest BCUT2D eigenvalue weighted by molar-refractivity contribution is 0.0692. The zero-order chi connectivity index (χ0) is 23.1. The van der Waals surface area contributed by atoms with Crippen LogP contribution in [0, 0.1) is 0 Å². The van der Waals surface area contributed by atoms with Crippen LogP contribution >= 0.6 is 23.2 Å². The molecule has 1 aromatic heterocycles. The van der Waals surface area contributed by atoms with Crippen molar-refractivity contribution >= 4 is 40.1 Å². The number of rotatable bonds is 4. The molecule has 1 amide bonds. The van der Waals surface area contributed by atoms with E-state index in [-0.39, 0.29) is 5.91 Å². The zero-order valence-corrected chi connectivity index (χ0v) is 19.4. The molecule has 5 rings (SSSR count). The Bertz CT molecular complexity index is 1330. The summed E-state index contributed by atoms with van der Waals surface area (Å²) < 4.78 is 16.0. The number of hydrogen-bond acceptors (Lipinski definition) is 6. The molecule has 0 spiro atoms. The number of carbonyl (C=O) groups excluding carboxylic acids is 1. The van der Waals surface area contributed by atoms with Gasteiger partial charge in [0.05, 0.1) is 20.3 Å². The molecule has 0 saturated carbocycles. The van der Waals surface area contributed by atoms with E-state index >= 15 is 0 Å². The Morgan fingerprint density at radius 2 is 1.76 bits per heavy atom. The highest BCUT2D eigenvalue weighted by Crippen LogP contribution is 2.44. The highest BCUT2D eigenvalue weighted by atomic mass is 35.5. The Balaban J connectivity index is 1.68. The molecule has 33 heavy (non-hydrogen) atoms. The predicted octanol–water partition coefficient (Wildman–Crippen LogP) is 5.33. The van der Waals surface area contributed by atoms with Crippen molar-refractivity contribution < 1.29 is 18.9 Å². The summed E-state index contributed by atoms with van der Waals surface area (Å²) in [6.45, 7) is 0.478. The van der Waals surface area contributed by atoms with Crippen LogP contribution in [-0.2, 0) is 6.42 Å². The third kappa shape index (κ3) is 3.87. The number of ether oxygens (including phenoxy) is 2. The van der Waals surface area contributed by atoms with E-state index < -0.39 is 6.04 Å². The van der Waals surface area contributed by atoms with E-state index in [9.17, 15) is 4.79 Å². The Hall–Kier alpha value is -3.29. The zero-order valence-electron chi connectivity index (χ0n) is 17.8. The van der Waals surface area contributed by atoms with E-state index in [4.69, 9.17) is 37.3 Å². The fraction of sp³-hybridized carbons (Fsp3) is 0.208. The number of halogens is 2. The average molecular weight is 484 g/mol. The summed E-state index contributed by atoms with van der Waals surface area (Å²) in [7, 11) is 3.21. The molecule has 4 aromatic rings. The van der Waals surface area contributed by atoms with Crippen molar-refractivity contribution in [2.45, 2.75) is 12.5 Å². The number of nitrogens with zero attached hydrogens (tertiary/aromatic N) is 3. The molecule has 168 valence electrons. The van der Waals surface area contributed by atoms with E-state index in [1.165, 1.54) is 0 Å². The van der Waals surface area contributed by atoms with Crippen LogP contribution in [0.15, 0.2) is 53.2 Å². The van der Waals surface area contributed by atoms with Gasteiger partial charge < -0.3 is 14.4 Å². The summed E-state index contributed by atoms with van der Waals surface area (Å²) in [4.78, 5) is 15.6. The minimum absolute atomic E-state index is 0.162. The van der Waals surface area contributed by atoms with Crippen molar-refractivity contribution in [3.8, 4) is 11.5 Å². The highest BCUT2D eigenvalue weighted by Gasteiger charge is 2.36. The van der Waals surface area contributed by atoms with Gasteiger partial charge in [0.2, 0.25) is 0 Å². The third-order valence-electron chi connectivity index (χ3n) is 5.83. The molecule has 1 atom stereocenters. The molecule has 0 aliphatic carbocycles. The maximum atomic E-state index is 13.8. The number of hydrogen-bond donors (Lipinski definition) is 0. The molecular formula is C24H19Cl2N3O4. The summed E-state index contributed by atoms with van der Waals surface area (Å²) >= 11 is 12.7. The first kappa shape index (κ1) is 21.6. The van der Waals surface area contributed by atoms with E-state index in [0.717, 1.165) is 16.7 Å². The Morgan fingerprint density at radius 3 is 2.48 bits per heavy atom. The first-order valence-electron chi connectivity index (χ1n) is 10.2. The SMILES string of the molecule is COc1cc2c(c(OC)c1)C(c1cc(Cl)cc(Cl)c1)N(C(=O)c1ccc3nonc3c1)CC2. The van der Waals surface area contributed by atoms with Gasteiger partial charge >= 0.3 is 0 Å². The van der Waals surface area contributed by atoms with Crippen LogP contribution in [0.4, 0.5) is 0 Å². The Morgan fingerprint density at radius 1 is 1.00 bits per heavy atom. The van der Waals surface area contributed by atoms with E-state index in [1.54, 1.807) is 43.4 Å². The summed E-state index contributed by atoms with van der Waals surface area (Å²) in [6.07, 6.45) is 0.632. The summed E-state index contributed by atoms with van der Waals surface area (Å²) in [5.74, 6) is 1.15. The van der Waals surface area contributed by atoms with Gasteiger partial charge in [-0.25, -0.2) is 4.63 Å². The lowest BCUT2D eigenvalue weighted by Crippen LogP contribution is -2.41. The normalized spacial score (nSPS) is 15.4. The maximum Gasteiger partial charge on any atom is 0.254 e. The fourth-order valence-electron chi connectivity index (χ4n) is 4.37. The summed E-state index contributed by atoms with van der Waals surface area (Å²) in [6, 6.07) is 13.8. The molecule has 7 nitrogen and oxygen atoms in total. The van der Waals surface area contributed by atoms with E-state index in [2.05, 4.69) is 10.3 Å². The van der Waals surface area contributed by atoms with E-state index in [0.29, 0.717) is 51.1 Å². The monoisotopic (exact) mass is 483 g/mol. The molecule has 0 saturated heterocycles. The second-order valence-electron chi connectivity index (χ2n) is 7.72. The summed E-state index contributed by atoms with van der Waals surface area (Å²) in [5, 5.41) is 8.65. The molecule has 1 aliphatic heterocycles. The molecule has 1 aliphatic rings. The topological polar surface area (TPSA) is 77.7 Å². The van der Waals surface area contributed by atoms with Crippen LogP contribution < -0.4 is 9.47 Å². The van der Waals surface area contributed by atoms with Gasteiger partial charge in [0, 0.05) is 33.8 Å². The molecule has 0 radical (unpaired) electrons. The van der Waals surface area contributed by atoms with Crippen molar-refractivity contribution in [2.24, 2.45) is 0 Å². The molecule has 2 heterocycles. The van der Waals surface area contributed by atoms with Gasteiger partial charge in [-0.05, 0) is 70.3 Å². The molecule has 0 N–H and O–H groups in total. The molecule has 3 aromatic carbocycles. The van der Waals surface area contributed by atoms with Crippen LogP contribution in [0.3, 0.4) is 0 Å². The van der Waals surface area contributed by atoms with Crippen molar-refractivity contribution in [3.05, 3.63) is 80.8 Å². The van der Waals surface area contributed by atoms with Gasteiger partial charge in [-0.1, -0.05) is 23.2 Å². The maximum absolute atomic E-state index is 13.8. The molecule has 0 bridgehead atoms. The van der Waals surface area contributed by atoms with Crippen molar-refractivity contribution in [1.29, 1.82) is 0 Å². The number of amides is 1. The molecular weight excluding hydrogens is 465 g/mol. The van der Waals surface area contributed by atoms with E-state index in [1.807, 2.05) is 24.3 Å². The first-order valence-corrected chi connectivity index (χ1v) is 11.0. The standard InChI is InChI=1S/C24H19Cl2N3O4/c1-31-18-9-13-5-6-29(24(30)14-3-4-19-20(10-14)28-33-27-19)23(22(13)21(12-18)32-2)15-7-16(25)11-17(26)8-15/h3-4,7-12,23H,5-6H2,1-2H3. The third-order valence-corrected chi connectivity index (χ3v) is 6.26. The van der Waals surface area contributed by atoms with Gasteiger partial charge in [0.15, 0.2) is 0 Å². The second kappa shape index (κ2) is 8.57. The lowest BCUT2D eigenvalue weighted by atomic mass is 9.86. The summed E-state index contributed by atoms with van der Waals surface area (Å²) in [5.41, 5.74) is 4.28. The van der Waals surface area contributed by atoms with Crippen LogP contribution in [0.5, 0.6) is 11.5 Å². The highest BCUT2D eigenvalue weighted by molar-refractivity contribution is 6.34. The van der Waals surface area contributed by atoms with Gasteiger partial charge in [-0.2, -0.15) is 0 Å². The number of carbonyl (C=O) groups is 1. The van der Waals surface area contributed by atoms with Gasteiger partial charge in [0.25, 0.3) is 5.91 Å². The minimum Gasteiger partial charge on any atom is -0.497 e. The number of methoxy groups -OCH3 is 2. The van der Waals surface area contributed by atoms with Crippen LogP contribution in [0.2, 0.25) is 10.0 Å². The fourth-order valence-corrected chi connectivity index (χ4v) is 4.91. The first-order chi connectivity index (χ1) is 16.0. The van der Waals surface area contributed by atoms with Gasteiger partial charge in [-0.3, -0.25) is 4.79 Å². The number of fused-ring (bicyclic) bond motifs is 2. The van der Waals surface area contributed by atoms with Crippen molar-refractivity contribution in [2.75, 3.05) is 20.8 Å². The molecule has 9 heteroatoms. The van der Waals surface area contributed by atoms with Crippen molar-refractivity contribution in [1.82, 2.24) is 15.2 Å². The number of aromatic nitrogens is 2. The molecule has 1 unspecified atom stereocenters. The predicted molar refractivity (Wildman–Crippen MR) is 124 cm³/mol. The second-order valence-corrected chi connectivity index (χ2v) is 8.60. The van der Waals surface area contributed by atoms with Crippen LogP contribution in [0.1, 0.15) is 33.1 Å². The molecule has 0 fully saturated rings. The van der Waals surface area contributed by atoms with Gasteiger partial charge in [-0.15, -0.1) is 0 Å². The minimum atomic E-state index is -0.468. The lowest BCUT2D eigenvalue weighted by Gasteiger charge is -2.39.